The lowest BCUT2D eigenvalue weighted by Gasteiger charge is -2.35. The van der Waals surface area contributed by atoms with E-state index in [9.17, 15) is 4.79 Å². The zero-order valence-electron chi connectivity index (χ0n) is 21.7. The van der Waals surface area contributed by atoms with Gasteiger partial charge in [-0.05, 0) is 57.2 Å². The van der Waals surface area contributed by atoms with Gasteiger partial charge in [0.15, 0.2) is 11.6 Å². The van der Waals surface area contributed by atoms with Crippen LogP contribution in [0.1, 0.15) is 59.4 Å². The molecule has 1 aromatic carbocycles. The molecule has 1 aliphatic rings. The molecule has 1 aliphatic heterocycles. The predicted molar refractivity (Wildman–Crippen MR) is 141 cm³/mol. The maximum absolute atomic E-state index is 13.7. The van der Waals surface area contributed by atoms with Crippen LogP contribution in [0, 0.1) is 12.8 Å². The summed E-state index contributed by atoms with van der Waals surface area (Å²) in [5.74, 6) is 2.27. The van der Waals surface area contributed by atoms with E-state index in [-0.39, 0.29) is 11.9 Å². The molecule has 2 aromatic heterocycles. The van der Waals surface area contributed by atoms with Gasteiger partial charge in [0.2, 0.25) is 5.91 Å². The maximum Gasteiger partial charge on any atom is 0.242 e. The van der Waals surface area contributed by atoms with E-state index < -0.39 is 5.41 Å². The second-order valence-corrected chi connectivity index (χ2v) is 10.1. The van der Waals surface area contributed by atoms with Gasteiger partial charge in [0.1, 0.15) is 5.82 Å². The maximum atomic E-state index is 13.7. The van der Waals surface area contributed by atoms with Crippen molar-refractivity contribution in [1.82, 2.24) is 19.9 Å². The Bertz CT molecular complexity index is 1260. The number of benzene rings is 1. The molecule has 3 aromatic rings. The molecule has 1 amide bonds. The molecule has 0 bridgehead atoms. The lowest BCUT2D eigenvalue weighted by molar-refractivity contribution is -0.121. The zero-order chi connectivity index (χ0) is 25.5. The summed E-state index contributed by atoms with van der Waals surface area (Å²) in [5.41, 5.74) is 3.81. The Morgan fingerprint density at radius 3 is 2.40 bits per heavy atom. The van der Waals surface area contributed by atoms with Gasteiger partial charge in [0, 0.05) is 29.7 Å². The van der Waals surface area contributed by atoms with Gasteiger partial charge >= 0.3 is 0 Å². The molecular weight excluding hydrogens is 436 g/mol. The number of hydrogen-bond donors (Lipinski definition) is 0. The van der Waals surface area contributed by atoms with Gasteiger partial charge in [-0.25, -0.2) is 15.0 Å². The molecule has 35 heavy (non-hydrogen) atoms. The first-order valence-corrected chi connectivity index (χ1v) is 12.1. The standard InChI is InChI=1S/C28H34N6O/c1-9-23(17(2)3)33(18(4)5)25-15-29-16-26(32-25)34-24-12-20(21-13-30-19(6)31-14-21)10-11-22(24)28(7,8)27(34)35/h10-17,23H,4,9H2,1-3,5-8H3. The highest BCUT2D eigenvalue weighted by Crippen LogP contribution is 2.46. The predicted octanol–water partition coefficient (Wildman–Crippen LogP) is 5.97. The van der Waals surface area contributed by atoms with Crippen molar-refractivity contribution in [3.05, 3.63) is 66.7 Å². The van der Waals surface area contributed by atoms with Crippen LogP contribution in [-0.4, -0.2) is 31.9 Å². The van der Waals surface area contributed by atoms with Gasteiger partial charge in [-0.2, -0.15) is 0 Å². The summed E-state index contributed by atoms with van der Waals surface area (Å²) in [6.45, 7) is 18.5. The highest BCUT2D eigenvalue weighted by Gasteiger charge is 2.45. The molecular formula is C28H34N6O. The van der Waals surface area contributed by atoms with Crippen molar-refractivity contribution in [1.29, 1.82) is 0 Å². The second kappa shape index (κ2) is 9.21. The lowest BCUT2D eigenvalue weighted by Crippen LogP contribution is -2.38. The fourth-order valence-electron chi connectivity index (χ4n) is 4.87. The molecule has 0 fully saturated rings. The summed E-state index contributed by atoms with van der Waals surface area (Å²) in [6, 6.07) is 6.28. The summed E-state index contributed by atoms with van der Waals surface area (Å²) in [6.07, 6.45) is 7.95. The summed E-state index contributed by atoms with van der Waals surface area (Å²) in [4.78, 5) is 35.6. The van der Waals surface area contributed by atoms with Crippen LogP contribution in [0.25, 0.3) is 11.1 Å². The molecule has 0 radical (unpaired) electrons. The number of carbonyl (C=O) groups excluding carboxylic acids is 1. The van der Waals surface area contributed by atoms with Crippen molar-refractivity contribution in [3.63, 3.8) is 0 Å². The summed E-state index contributed by atoms with van der Waals surface area (Å²) in [7, 11) is 0. The van der Waals surface area contributed by atoms with Crippen LogP contribution < -0.4 is 9.80 Å². The number of carbonyl (C=O) groups is 1. The molecule has 0 spiro atoms. The Morgan fingerprint density at radius 1 is 1.11 bits per heavy atom. The normalized spacial score (nSPS) is 15.3. The van der Waals surface area contributed by atoms with Crippen molar-refractivity contribution < 1.29 is 4.79 Å². The SMILES string of the molecule is C=C(C)N(c1cncc(N2C(=O)C(C)(C)c3ccc(-c4cnc(C)nc4)cc32)n1)C(CC)C(C)C. The van der Waals surface area contributed by atoms with Crippen molar-refractivity contribution in [2.75, 3.05) is 9.80 Å². The molecule has 0 saturated carbocycles. The number of allylic oxidation sites excluding steroid dienone is 1. The van der Waals surface area contributed by atoms with Crippen LogP contribution in [-0.2, 0) is 10.2 Å². The molecule has 0 saturated heterocycles. The smallest absolute Gasteiger partial charge is 0.242 e. The van der Waals surface area contributed by atoms with E-state index >= 15 is 0 Å². The number of nitrogens with zero attached hydrogens (tertiary/aromatic N) is 6. The van der Waals surface area contributed by atoms with E-state index in [1.165, 1.54) is 0 Å². The Balaban J connectivity index is 1.83. The minimum Gasteiger partial charge on any atom is -0.326 e. The molecule has 7 nitrogen and oxygen atoms in total. The molecule has 0 N–H and O–H groups in total. The minimum absolute atomic E-state index is 0.0333. The summed E-state index contributed by atoms with van der Waals surface area (Å²) < 4.78 is 0. The summed E-state index contributed by atoms with van der Waals surface area (Å²) >= 11 is 0. The number of hydrogen-bond acceptors (Lipinski definition) is 6. The van der Waals surface area contributed by atoms with Gasteiger partial charge < -0.3 is 4.90 Å². The van der Waals surface area contributed by atoms with Crippen molar-refractivity contribution in [2.24, 2.45) is 5.92 Å². The second-order valence-electron chi connectivity index (χ2n) is 10.1. The third kappa shape index (κ3) is 4.31. The molecule has 182 valence electrons. The van der Waals surface area contributed by atoms with Crippen LogP contribution in [0.5, 0.6) is 0 Å². The fourth-order valence-corrected chi connectivity index (χ4v) is 4.87. The number of aromatic nitrogens is 4. The van der Waals surface area contributed by atoms with Crippen molar-refractivity contribution >= 4 is 23.2 Å². The monoisotopic (exact) mass is 470 g/mol. The van der Waals surface area contributed by atoms with E-state index in [2.05, 4.69) is 47.2 Å². The largest absolute Gasteiger partial charge is 0.326 e. The fraction of sp³-hybridized carbons (Fsp3) is 0.393. The van der Waals surface area contributed by atoms with E-state index in [1.807, 2.05) is 45.9 Å². The van der Waals surface area contributed by atoms with Gasteiger partial charge in [-0.1, -0.05) is 39.5 Å². The van der Waals surface area contributed by atoms with Crippen LogP contribution in [0.3, 0.4) is 0 Å². The van der Waals surface area contributed by atoms with Gasteiger partial charge in [-0.3, -0.25) is 14.7 Å². The Hall–Kier alpha value is -3.61. The first kappa shape index (κ1) is 24.5. The lowest BCUT2D eigenvalue weighted by atomic mass is 9.85. The molecule has 4 rings (SSSR count). The molecule has 1 unspecified atom stereocenters. The highest BCUT2D eigenvalue weighted by molar-refractivity contribution is 6.12. The Labute approximate surface area is 208 Å². The van der Waals surface area contributed by atoms with Crippen LogP contribution in [0.4, 0.5) is 17.3 Å². The number of anilines is 3. The number of aryl methyl sites for hydroxylation is 1. The highest BCUT2D eigenvalue weighted by atomic mass is 16.2. The molecule has 7 heteroatoms. The average Bonchev–Trinajstić information content (AvgIpc) is 3.02. The first-order valence-electron chi connectivity index (χ1n) is 12.1. The number of amides is 1. The van der Waals surface area contributed by atoms with Gasteiger partial charge in [0.05, 0.1) is 23.5 Å². The van der Waals surface area contributed by atoms with Crippen molar-refractivity contribution in [3.8, 4) is 11.1 Å². The quantitative estimate of drug-likeness (QED) is 0.423. The number of fused-ring (bicyclic) bond motifs is 1. The van der Waals surface area contributed by atoms with E-state index in [1.54, 1.807) is 29.7 Å². The van der Waals surface area contributed by atoms with Crippen molar-refractivity contribution in [2.45, 2.75) is 66.3 Å². The van der Waals surface area contributed by atoms with Crippen LogP contribution in [0.2, 0.25) is 0 Å². The zero-order valence-corrected chi connectivity index (χ0v) is 21.7. The third-order valence-electron chi connectivity index (χ3n) is 6.78. The van der Waals surface area contributed by atoms with Gasteiger partial charge in [-0.15, -0.1) is 0 Å². The minimum atomic E-state index is -0.687. The van der Waals surface area contributed by atoms with Gasteiger partial charge in [0.25, 0.3) is 0 Å². The third-order valence-corrected chi connectivity index (χ3v) is 6.78. The topological polar surface area (TPSA) is 75.1 Å². The van der Waals surface area contributed by atoms with Crippen LogP contribution >= 0.6 is 0 Å². The summed E-state index contributed by atoms with van der Waals surface area (Å²) in [5, 5.41) is 0. The van der Waals surface area contributed by atoms with Crippen LogP contribution in [0.15, 0.2) is 55.3 Å². The first-order chi connectivity index (χ1) is 16.6. The molecule has 3 heterocycles. The van der Waals surface area contributed by atoms with E-state index in [0.717, 1.165) is 34.5 Å². The van der Waals surface area contributed by atoms with E-state index in [4.69, 9.17) is 4.98 Å². The van der Waals surface area contributed by atoms with E-state index in [0.29, 0.717) is 23.4 Å². The Morgan fingerprint density at radius 2 is 1.80 bits per heavy atom. The molecule has 0 aliphatic carbocycles. The molecule has 1 atom stereocenters. The average molecular weight is 471 g/mol. The number of rotatable bonds is 7. The Kier molecular flexibility index (Phi) is 6.45.